The summed E-state index contributed by atoms with van der Waals surface area (Å²) in [6.07, 6.45) is -1.70. The highest BCUT2D eigenvalue weighted by Crippen LogP contribution is 2.53. The summed E-state index contributed by atoms with van der Waals surface area (Å²) in [5, 5.41) is 0.878. The van der Waals surface area contributed by atoms with E-state index in [0.29, 0.717) is 52.2 Å². The zero-order chi connectivity index (χ0) is 31.0. The first-order valence-electron chi connectivity index (χ1n) is 14.4. The molecule has 8 nitrogen and oxygen atoms in total. The Bertz CT molecular complexity index is 1860. The van der Waals surface area contributed by atoms with Crippen LogP contribution in [0, 0.1) is 19.8 Å². The Morgan fingerprint density at radius 1 is 1.09 bits per heavy atom. The van der Waals surface area contributed by atoms with Crippen LogP contribution >= 0.6 is 11.9 Å². The van der Waals surface area contributed by atoms with Crippen molar-refractivity contribution in [2.45, 2.75) is 57.0 Å². The molecule has 230 valence electrons. The summed E-state index contributed by atoms with van der Waals surface area (Å²) in [7, 11) is 0. The number of piperidine rings is 1. The van der Waals surface area contributed by atoms with Crippen LogP contribution in [0.1, 0.15) is 46.9 Å². The van der Waals surface area contributed by atoms with Gasteiger partial charge in [0.25, 0.3) is 17.3 Å². The predicted octanol–water partition coefficient (Wildman–Crippen LogP) is 6.83. The van der Waals surface area contributed by atoms with Crippen LogP contribution in [-0.2, 0) is 6.54 Å². The maximum Gasteiger partial charge on any atom is 0.401 e. The number of hydrogen-bond donors (Lipinski definition) is 1. The van der Waals surface area contributed by atoms with Gasteiger partial charge in [0.05, 0.1) is 24.9 Å². The molecule has 12 heteroatoms. The highest BCUT2D eigenvalue weighted by atomic mass is 32.2. The molecule has 1 unspecified atom stereocenters. The second kappa shape index (κ2) is 10.3. The van der Waals surface area contributed by atoms with Crippen molar-refractivity contribution in [3.63, 3.8) is 0 Å². The lowest BCUT2D eigenvalue weighted by atomic mass is 9.89. The molecule has 2 aromatic heterocycles. The number of amides is 1. The number of furan rings is 1. The zero-order valence-electron chi connectivity index (χ0n) is 24.3. The number of carbonyl (C=O) groups is 1. The summed E-state index contributed by atoms with van der Waals surface area (Å²) in [6.45, 7) is 5.21. The number of benzene rings is 2. The Labute approximate surface area is 255 Å². The number of H-pyrrole nitrogens is 1. The summed E-state index contributed by atoms with van der Waals surface area (Å²) in [5.74, 6) is -0.635. The third-order valence-electron chi connectivity index (χ3n) is 8.79. The van der Waals surface area contributed by atoms with Gasteiger partial charge in [0, 0.05) is 45.5 Å². The van der Waals surface area contributed by atoms with Gasteiger partial charge in [0.2, 0.25) is 0 Å². The molecular weight excluding hydrogens is 595 g/mol. The largest absolute Gasteiger partial charge is 0.464 e. The van der Waals surface area contributed by atoms with Crippen molar-refractivity contribution >= 4 is 28.8 Å². The number of nitrogens with zero attached hydrogens (tertiary/aromatic N) is 2. The van der Waals surface area contributed by atoms with Crippen molar-refractivity contribution in [1.82, 2.24) is 14.2 Å². The molecule has 0 aliphatic carbocycles. The SMILES string of the molecule is Cc1cc2c(c(=O)[nH]1)CN(C(=O)c1cc(-c3ccc4occc4c3)c3c(c1C)OC(C)(C1CCN(CC(F)(F)F)CC1)O3)S2. The van der Waals surface area contributed by atoms with Crippen molar-refractivity contribution in [3.05, 3.63) is 75.4 Å². The van der Waals surface area contributed by atoms with Gasteiger partial charge in [-0.3, -0.25) is 18.8 Å². The first kappa shape index (κ1) is 28.8. The third kappa shape index (κ3) is 5.03. The van der Waals surface area contributed by atoms with Crippen LogP contribution in [0.2, 0.25) is 0 Å². The molecule has 2 aromatic carbocycles. The summed E-state index contributed by atoms with van der Waals surface area (Å²) in [6, 6.07) is 11.2. The number of likely N-dealkylation sites (tertiary alicyclic amines) is 1. The number of alkyl halides is 3. The number of aromatic nitrogens is 1. The Morgan fingerprint density at radius 3 is 2.59 bits per heavy atom. The second-order valence-corrected chi connectivity index (χ2v) is 12.9. The molecular formula is C32H30F3N3O5S. The van der Waals surface area contributed by atoms with Gasteiger partial charge in [-0.2, -0.15) is 13.2 Å². The number of carbonyl (C=O) groups excluding carboxylic acids is 1. The molecule has 0 saturated carbocycles. The van der Waals surface area contributed by atoms with Gasteiger partial charge in [0.15, 0.2) is 11.5 Å². The first-order valence-corrected chi connectivity index (χ1v) is 15.2. The van der Waals surface area contributed by atoms with Crippen LogP contribution in [0.3, 0.4) is 0 Å². The normalized spacial score (nSPS) is 20.5. The lowest BCUT2D eigenvalue weighted by Gasteiger charge is -2.39. The van der Waals surface area contributed by atoms with E-state index in [1.807, 2.05) is 37.3 Å². The minimum Gasteiger partial charge on any atom is -0.464 e. The molecule has 0 radical (unpaired) electrons. The van der Waals surface area contributed by atoms with Crippen LogP contribution in [0.25, 0.3) is 22.1 Å². The first-order chi connectivity index (χ1) is 20.9. The number of hydrogen-bond acceptors (Lipinski definition) is 7. The molecule has 5 heterocycles. The number of nitrogens with one attached hydrogen (secondary N) is 1. The molecule has 1 saturated heterocycles. The molecule has 1 N–H and O–H groups in total. The fourth-order valence-electron chi connectivity index (χ4n) is 6.45. The number of halogens is 3. The number of aryl methyl sites for hydroxylation is 1. The number of rotatable bonds is 4. The lowest BCUT2D eigenvalue weighted by Crippen LogP contribution is -2.49. The molecule has 1 amide bonds. The van der Waals surface area contributed by atoms with E-state index in [4.69, 9.17) is 13.9 Å². The van der Waals surface area contributed by atoms with Crippen molar-refractivity contribution in [3.8, 4) is 22.6 Å². The van der Waals surface area contributed by atoms with E-state index >= 15 is 0 Å². The van der Waals surface area contributed by atoms with E-state index in [2.05, 4.69) is 4.98 Å². The number of pyridine rings is 1. The lowest BCUT2D eigenvalue weighted by molar-refractivity contribution is -0.159. The number of ether oxygens (including phenoxy) is 2. The summed E-state index contributed by atoms with van der Waals surface area (Å²) in [5.41, 5.74) is 4.22. The van der Waals surface area contributed by atoms with E-state index in [0.717, 1.165) is 21.5 Å². The monoisotopic (exact) mass is 625 g/mol. The van der Waals surface area contributed by atoms with Crippen LogP contribution in [0.5, 0.6) is 11.5 Å². The predicted molar refractivity (Wildman–Crippen MR) is 159 cm³/mol. The van der Waals surface area contributed by atoms with Gasteiger partial charge in [-0.1, -0.05) is 6.07 Å². The van der Waals surface area contributed by atoms with Crippen LogP contribution in [0.15, 0.2) is 56.8 Å². The Morgan fingerprint density at radius 2 is 1.84 bits per heavy atom. The molecule has 1 atom stereocenters. The zero-order valence-corrected chi connectivity index (χ0v) is 25.2. The maximum atomic E-state index is 14.1. The fourth-order valence-corrected chi connectivity index (χ4v) is 7.56. The van der Waals surface area contributed by atoms with Crippen LogP contribution < -0.4 is 15.0 Å². The highest BCUT2D eigenvalue weighted by Gasteiger charge is 2.48. The fraction of sp³-hybridized carbons (Fsp3) is 0.375. The van der Waals surface area contributed by atoms with E-state index in [-0.39, 0.29) is 37.0 Å². The topological polar surface area (TPSA) is 88.0 Å². The molecule has 4 aromatic rings. The Kier molecular flexibility index (Phi) is 6.78. The van der Waals surface area contributed by atoms with Gasteiger partial charge in [0.1, 0.15) is 5.58 Å². The van der Waals surface area contributed by atoms with Crippen LogP contribution in [-0.4, -0.2) is 51.7 Å². The van der Waals surface area contributed by atoms with Crippen molar-refractivity contribution in [1.29, 1.82) is 0 Å². The van der Waals surface area contributed by atoms with Gasteiger partial charge in [-0.15, -0.1) is 0 Å². The Balaban J connectivity index is 1.25. The van der Waals surface area contributed by atoms with Gasteiger partial charge < -0.3 is 18.9 Å². The number of fused-ring (bicyclic) bond motifs is 3. The van der Waals surface area contributed by atoms with Crippen molar-refractivity contribution < 1.29 is 31.9 Å². The second-order valence-electron chi connectivity index (χ2n) is 11.9. The van der Waals surface area contributed by atoms with Gasteiger partial charge in [-0.05, 0) is 87.6 Å². The van der Waals surface area contributed by atoms with Gasteiger partial charge in [-0.25, -0.2) is 0 Å². The minimum atomic E-state index is -4.25. The van der Waals surface area contributed by atoms with Crippen LogP contribution in [0.4, 0.5) is 13.2 Å². The molecule has 44 heavy (non-hydrogen) atoms. The molecule has 7 rings (SSSR count). The Hall–Kier alpha value is -3.90. The standard InChI is InChI=1S/C32H30F3N3O5S/c1-17-12-26-24(29(39)36-17)15-38(44-26)30(40)22-14-23(19-4-5-25-20(13-19)8-11-41-25)28-27(18(22)2)42-31(3,43-28)21-6-9-37(10-7-21)16-32(33,34)35/h4-5,8,11-14,21H,6-7,9-10,15-16H2,1-3H3,(H,36,39). The van der Waals surface area contributed by atoms with E-state index in [9.17, 15) is 22.8 Å². The molecule has 3 aliphatic heterocycles. The average Bonchev–Trinajstić information content (AvgIpc) is 3.69. The minimum absolute atomic E-state index is 0.160. The average molecular weight is 626 g/mol. The van der Waals surface area contributed by atoms with Crippen molar-refractivity contribution in [2.24, 2.45) is 5.92 Å². The summed E-state index contributed by atoms with van der Waals surface area (Å²) in [4.78, 5) is 31.6. The van der Waals surface area contributed by atoms with Gasteiger partial charge >= 0.3 is 6.18 Å². The smallest absolute Gasteiger partial charge is 0.401 e. The summed E-state index contributed by atoms with van der Waals surface area (Å²) >= 11 is 1.24. The quantitative estimate of drug-likeness (QED) is 0.249. The number of aromatic amines is 1. The van der Waals surface area contributed by atoms with E-state index < -0.39 is 18.5 Å². The van der Waals surface area contributed by atoms with E-state index in [1.54, 1.807) is 30.5 Å². The molecule has 0 spiro atoms. The van der Waals surface area contributed by atoms with Crippen molar-refractivity contribution in [2.75, 3.05) is 19.6 Å². The molecule has 0 bridgehead atoms. The maximum absolute atomic E-state index is 14.1. The van der Waals surface area contributed by atoms with E-state index in [1.165, 1.54) is 16.8 Å². The third-order valence-corrected chi connectivity index (χ3v) is 9.86. The molecule has 3 aliphatic rings. The summed E-state index contributed by atoms with van der Waals surface area (Å²) < 4.78 is 59.3. The molecule has 1 fully saturated rings. The highest BCUT2D eigenvalue weighted by molar-refractivity contribution is 7.97.